The van der Waals surface area contributed by atoms with Crippen LogP contribution in [0.3, 0.4) is 0 Å². The fourth-order valence-corrected chi connectivity index (χ4v) is 9.05. The first-order valence-electron chi connectivity index (χ1n) is 20.9. The van der Waals surface area contributed by atoms with Crippen molar-refractivity contribution in [3.63, 3.8) is 0 Å². The zero-order valence-corrected chi connectivity index (χ0v) is 36.8. The van der Waals surface area contributed by atoms with Crippen LogP contribution < -0.4 is 5.32 Å². The molecule has 1 N–H and O–H groups in total. The number of nitrogens with zero attached hydrogens (tertiary/aromatic N) is 2. The molecule has 0 saturated carbocycles. The summed E-state index contributed by atoms with van der Waals surface area (Å²) in [5.74, 6) is -3.28. The Morgan fingerprint density at radius 3 is 2.07 bits per heavy atom. The molecule has 320 valence electrons. The van der Waals surface area contributed by atoms with Gasteiger partial charge in [0.05, 0.1) is 25.4 Å². The van der Waals surface area contributed by atoms with Crippen LogP contribution in [0.1, 0.15) is 111 Å². The predicted octanol–water partition coefficient (Wildman–Crippen LogP) is 8.57. The zero-order chi connectivity index (χ0) is 43.5. The minimum absolute atomic E-state index is 0.0673. The maximum atomic E-state index is 14.4. The molecular formula is C48H59N3O8S. The Kier molecular flexibility index (Phi) is 16.2. The molecule has 0 fully saturated rings. The summed E-state index contributed by atoms with van der Waals surface area (Å²) in [4.78, 5) is 72.7. The molecule has 1 heterocycles. The third kappa shape index (κ3) is 11.5. The van der Waals surface area contributed by atoms with Gasteiger partial charge in [0.2, 0.25) is 5.91 Å². The van der Waals surface area contributed by atoms with Gasteiger partial charge < -0.3 is 24.4 Å². The fourth-order valence-electron chi connectivity index (χ4n) is 8.21. The average Bonchev–Trinajstić information content (AvgIpc) is 3.86. The highest BCUT2D eigenvalue weighted by Crippen LogP contribution is 2.44. The fraction of sp³-hybridized carbons (Fsp3) is 0.458. The Bertz CT molecular complexity index is 2060. The van der Waals surface area contributed by atoms with Gasteiger partial charge >= 0.3 is 17.9 Å². The monoisotopic (exact) mass is 837 g/mol. The molecule has 0 bridgehead atoms. The number of amides is 2. The SMILES string of the molecule is CC[C@H](C)C(CC(=O)OCC1c2ccccc2-c2ccccc21)C(=O)N(C)[C@H](C[C@@H](OC(C)=O)c1nc(C(=O)N[C@@H](Cc2ccccc2)C[C@H](C)C(=O)OC)cs1)C(C)C. The number of carbonyl (C=O) groups excluding carboxylic acids is 5. The molecular weight excluding hydrogens is 779 g/mol. The Balaban J connectivity index is 1.28. The first-order valence-corrected chi connectivity index (χ1v) is 21.8. The van der Waals surface area contributed by atoms with E-state index < -0.39 is 41.8 Å². The van der Waals surface area contributed by atoms with Gasteiger partial charge in [0, 0.05) is 43.8 Å². The summed E-state index contributed by atoms with van der Waals surface area (Å²) in [7, 11) is 3.07. The lowest BCUT2D eigenvalue weighted by molar-refractivity contribution is -0.153. The van der Waals surface area contributed by atoms with Crippen molar-refractivity contribution in [1.82, 2.24) is 15.2 Å². The third-order valence-corrected chi connectivity index (χ3v) is 12.7. The van der Waals surface area contributed by atoms with Gasteiger partial charge in [-0.2, -0.15) is 0 Å². The van der Waals surface area contributed by atoms with E-state index in [2.05, 4.69) is 34.6 Å². The van der Waals surface area contributed by atoms with Gasteiger partial charge in [-0.1, -0.05) is 120 Å². The number of methoxy groups -OCH3 is 1. The molecule has 4 aromatic rings. The molecule has 1 aliphatic rings. The average molecular weight is 838 g/mol. The van der Waals surface area contributed by atoms with Crippen molar-refractivity contribution < 1.29 is 38.2 Å². The minimum atomic E-state index is -0.847. The molecule has 60 heavy (non-hydrogen) atoms. The molecule has 0 spiro atoms. The van der Waals surface area contributed by atoms with Gasteiger partial charge in [0.15, 0.2) is 6.10 Å². The lowest BCUT2D eigenvalue weighted by Gasteiger charge is -2.36. The minimum Gasteiger partial charge on any atom is -0.469 e. The largest absolute Gasteiger partial charge is 0.469 e. The second-order valence-electron chi connectivity index (χ2n) is 16.3. The van der Waals surface area contributed by atoms with E-state index in [0.29, 0.717) is 24.3 Å². The smallest absolute Gasteiger partial charge is 0.308 e. The first-order chi connectivity index (χ1) is 28.7. The van der Waals surface area contributed by atoms with Crippen LogP contribution in [-0.2, 0) is 39.8 Å². The summed E-state index contributed by atoms with van der Waals surface area (Å²) >= 11 is 1.20. The number of hydrogen-bond acceptors (Lipinski definition) is 10. The topological polar surface area (TPSA) is 141 Å². The van der Waals surface area contributed by atoms with Crippen LogP contribution in [0.15, 0.2) is 84.2 Å². The first kappa shape index (κ1) is 45.7. The normalized spacial score (nSPS) is 15.1. The van der Waals surface area contributed by atoms with Crippen molar-refractivity contribution in [2.24, 2.45) is 23.7 Å². The van der Waals surface area contributed by atoms with Crippen molar-refractivity contribution in [1.29, 1.82) is 0 Å². The Morgan fingerprint density at radius 2 is 1.48 bits per heavy atom. The summed E-state index contributed by atoms with van der Waals surface area (Å²) < 4.78 is 16.7. The maximum absolute atomic E-state index is 14.4. The molecule has 0 aliphatic heterocycles. The van der Waals surface area contributed by atoms with Crippen LogP contribution in [0, 0.1) is 23.7 Å². The molecule has 1 unspecified atom stereocenters. The molecule has 5 rings (SSSR count). The van der Waals surface area contributed by atoms with Crippen LogP contribution in [0.25, 0.3) is 11.1 Å². The van der Waals surface area contributed by atoms with Gasteiger partial charge in [-0.25, -0.2) is 4.98 Å². The highest BCUT2D eigenvalue weighted by atomic mass is 32.1. The van der Waals surface area contributed by atoms with Crippen LogP contribution in [0.2, 0.25) is 0 Å². The van der Waals surface area contributed by atoms with Crippen molar-refractivity contribution >= 4 is 41.1 Å². The number of hydrogen-bond donors (Lipinski definition) is 1. The summed E-state index contributed by atoms with van der Waals surface area (Å²) in [6.45, 7) is 11.2. The number of thiazole rings is 1. The molecule has 0 radical (unpaired) electrons. The van der Waals surface area contributed by atoms with Crippen LogP contribution in [-0.4, -0.2) is 72.5 Å². The zero-order valence-electron chi connectivity index (χ0n) is 36.0. The van der Waals surface area contributed by atoms with Crippen molar-refractivity contribution in [3.8, 4) is 11.1 Å². The van der Waals surface area contributed by atoms with Gasteiger partial charge in [-0.3, -0.25) is 24.0 Å². The van der Waals surface area contributed by atoms with Gasteiger partial charge in [0.25, 0.3) is 5.91 Å². The molecule has 11 nitrogen and oxygen atoms in total. The van der Waals surface area contributed by atoms with Crippen molar-refractivity contribution in [2.75, 3.05) is 20.8 Å². The van der Waals surface area contributed by atoms with Gasteiger partial charge in [0.1, 0.15) is 17.3 Å². The molecule has 2 amide bonds. The highest BCUT2D eigenvalue weighted by molar-refractivity contribution is 7.09. The summed E-state index contributed by atoms with van der Waals surface area (Å²) in [6.07, 6.45) is 0.841. The highest BCUT2D eigenvalue weighted by Gasteiger charge is 2.37. The number of nitrogens with one attached hydrogen (secondary N) is 1. The molecule has 6 atom stereocenters. The summed E-state index contributed by atoms with van der Waals surface area (Å²) in [5, 5.41) is 5.09. The van der Waals surface area contributed by atoms with E-state index in [0.717, 1.165) is 27.8 Å². The second kappa shape index (κ2) is 21.2. The number of carbonyl (C=O) groups is 5. The van der Waals surface area contributed by atoms with Crippen LogP contribution >= 0.6 is 11.3 Å². The molecule has 1 aliphatic carbocycles. The van der Waals surface area contributed by atoms with E-state index in [1.807, 2.05) is 82.3 Å². The molecule has 3 aromatic carbocycles. The summed E-state index contributed by atoms with van der Waals surface area (Å²) in [5.41, 5.74) is 5.67. The molecule has 12 heteroatoms. The number of rotatable bonds is 20. The number of aromatic nitrogens is 1. The molecule has 0 saturated heterocycles. The van der Waals surface area contributed by atoms with E-state index in [1.165, 1.54) is 25.4 Å². The predicted molar refractivity (Wildman–Crippen MR) is 232 cm³/mol. The summed E-state index contributed by atoms with van der Waals surface area (Å²) in [6, 6.07) is 25.2. The molecule has 1 aromatic heterocycles. The lowest BCUT2D eigenvalue weighted by atomic mass is 9.86. The Labute approximate surface area is 358 Å². The van der Waals surface area contributed by atoms with E-state index in [4.69, 9.17) is 14.2 Å². The van der Waals surface area contributed by atoms with E-state index in [-0.39, 0.29) is 60.8 Å². The Hall–Kier alpha value is -5.36. The lowest BCUT2D eigenvalue weighted by Crippen LogP contribution is -2.46. The van der Waals surface area contributed by atoms with E-state index in [1.54, 1.807) is 24.3 Å². The standard InChI is InChI=1S/C48H59N3O8S/c1-9-30(4)39(25-44(53)58-27-40-37-21-15-13-19-35(37)36-20-14-16-22-38(36)40)47(55)51(7)42(29(2)3)26-43(59-32(6)52)46-50-41(28-60-46)45(54)49-34(23-31(5)48(56)57-8)24-33-17-11-10-12-18-33/h10-22,28-31,34,39-40,42-43H,9,23-27H2,1-8H3,(H,49,54)/t30-,31-,34+,39?,42+,43+/m0/s1. The van der Waals surface area contributed by atoms with E-state index >= 15 is 0 Å². The quantitative estimate of drug-likeness (QED) is 0.0685. The number of benzene rings is 3. The van der Waals surface area contributed by atoms with Gasteiger partial charge in [-0.15, -0.1) is 11.3 Å². The number of fused-ring (bicyclic) bond motifs is 3. The van der Waals surface area contributed by atoms with Crippen LogP contribution in [0.5, 0.6) is 0 Å². The van der Waals surface area contributed by atoms with E-state index in [9.17, 15) is 24.0 Å². The van der Waals surface area contributed by atoms with Crippen LogP contribution in [0.4, 0.5) is 0 Å². The Morgan fingerprint density at radius 1 is 0.867 bits per heavy atom. The second-order valence-corrected chi connectivity index (χ2v) is 17.2. The van der Waals surface area contributed by atoms with Gasteiger partial charge in [-0.05, 0) is 52.5 Å². The van der Waals surface area contributed by atoms with Crippen molar-refractivity contribution in [3.05, 3.63) is 112 Å². The number of ether oxygens (including phenoxy) is 3. The van der Waals surface area contributed by atoms with Crippen molar-refractivity contribution in [2.45, 2.75) is 97.8 Å². The maximum Gasteiger partial charge on any atom is 0.308 e. The number of esters is 3. The third-order valence-electron chi connectivity index (χ3n) is 11.7.